The summed E-state index contributed by atoms with van der Waals surface area (Å²) in [7, 11) is 4.29. The van der Waals surface area contributed by atoms with E-state index in [0.29, 0.717) is 18.5 Å². The summed E-state index contributed by atoms with van der Waals surface area (Å²) in [6.07, 6.45) is 9.74. The zero-order valence-corrected chi connectivity index (χ0v) is 15.6. The van der Waals surface area contributed by atoms with E-state index in [1.807, 2.05) is 0 Å². The number of rotatable bonds is 6. The lowest BCUT2D eigenvalue weighted by Gasteiger charge is -2.35. The maximum absolute atomic E-state index is 12.0. The normalized spacial score (nSPS) is 23.5. The Balaban J connectivity index is 0.00000220. The Morgan fingerprint density at radius 2 is 1.82 bits per heavy atom. The van der Waals surface area contributed by atoms with Gasteiger partial charge in [0.05, 0.1) is 0 Å². The molecule has 1 saturated carbocycles. The van der Waals surface area contributed by atoms with Crippen LogP contribution in [0.15, 0.2) is 0 Å². The van der Waals surface area contributed by atoms with Crippen LogP contribution in [0.3, 0.4) is 0 Å². The summed E-state index contributed by atoms with van der Waals surface area (Å²) < 4.78 is 0. The van der Waals surface area contributed by atoms with Gasteiger partial charge in [-0.15, -0.1) is 24.8 Å². The predicted molar refractivity (Wildman–Crippen MR) is 97.2 cm³/mol. The smallest absolute Gasteiger partial charge is 0.221 e. The molecule has 2 N–H and O–H groups in total. The first-order valence-electron chi connectivity index (χ1n) is 8.33. The molecular weight excluding hydrogens is 321 g/mol. The minimum atomic E-state index is 0. The van der Waals surface area contributed by atoms with Gasteiger partial charge in [0.25, 0.3) is 0 Å². The van der Waals surface area contributed by atoms with Crippen molar-refractivity contribution in [2.45, 2.75) is 63.5 Å². The fourth-order valence-corrected chi connectivity index (χ4v) is 3.74. The van der Waals surface area contributed by atoms with Crippen molar-refractivity contribution < 1.29 is 4.79 Å². The lowest BCUT2D eigenvalue weighted by molar-refractivity contribution is -0.121. The third-order valence-corrected chi connectivity index (χ3v) is 4.96. The topological polar surface area (TPSA) is 44.4 Å². The van der Waals surface area contributed by atoms with Gasteiger partial charge in [0.2, 0.25) is 5.91 Å². The molecule has 1 aliphatic carbocycles. The molecule has 1 amide bonds. The van der Waals surface area contributed by atoms with E-state index >= 15 is 0 Å². The van der Waals surface area contributed by atoms with Gasteiger partial charge in [-0.2, -0.15) is 0 Å². The number of likely N-dealkylation sites (N-methyl/N-ethyl adjacent to an activating group) is 1. The van der Waals surface area contributed by atoms with Crippen molar-refractivity contribution in [2.75, 3.05) is 27.2 Å². The molecule has 4 nitrogen and oxygen atoms in total. The first-order valence-corrected chi connectivity index (χ1v) is 8.33. The Morgan fingerprint density at radius 3 is 2.36 bits per heavy atom. The van der Waals surface area contributed by atoms with Gasteiger partial charge in [0.1, 0.15) is 0 Å². The highest BCUT2D eigenvalue weighted by Crippen LogP contribution is 2.28. The van der Waals surface area contributed by atoms with Crippen LogP contribution < -0.4 is 10.6 Å². The van der Waals surface area contributed by atoms with Crippen molar-refractivity contribution in [1.82, 2.24) is 15.5 Å². The molecule has 22 heavy (non-hydrogen) atoms. The van der Waals surface area contributed by atoms with Crippen LogP contribution in [0.2, 0.25) is 0 Å². The average molecular weight is 354 g/mol. The molecule has 6 heteroatoms. The summed E-state index contributed by atoms with van der Waals surface area (Å²) in [6, 6.07) is 0.901. The van der Waals surface area contributed by atoms with Crippen molar-refractivity contribution in [3.63, 3.8) is 0 Å². The molecule has 0 spiro atoms. The average Bonchev–Trinajstić information content (AvgIpc) is 2.92. The van der Waals surface area contributed by atoms with Gasteiger partial charge in [-0.25, -0.2) is 0 Å². The molecule has 0 aromatic rings. The minimum Gasteiger partial charge on any atom is -0.354 e. The molecule has 0 radical (unpaired) electrons. The van der Waals surface area contributed by atoms with E-state index in [4.69, 9.17) is 0 Å². The van der Waals surface area contributed by atoms with E-state index in [1.54, 1.807) is 0 Å². The van der Waals surface area contributed by atoms with E-state index in [2.05, 4.69) is 29.6 Å². The van der Waals surface area contributed by atoms with Gasteiger partial charge >= 0.3 is 0 Å². The number of amides is 1. The molecule has 2 fully saturated rings. The van der Waals surface area contributed by atoms with Crippen LogP contribution in [0, 0.1) is 5.92 Å². The van der Waals surface area contributed by atoms with Crippen LogP contribution in [-0.4, -0.2) is 50.1 Å². The van der Waals surface area contributed by atoms with E-state index < -0.39 is 0 Å². The van der Waals surface area contributed by atoms with Crippen LogP contribution in [0.4, 0.5) is 0 Å². The number of carbonyl (C=O) groups is 1. The monoisotopic (exact) mass is 353 g/mol. The van der Waals surface area contributed by atoms with E-state index in [1.165, 1.54) is 38.5 Å². The van der Waals surface area contributed by atoms with Crippen LogP contribution in [0.1, 0.15) is 51.4 Å². The number of halogens is 2. The predicted octanol–water partition coefficient (Wildman–Crippen LogP) is 2.60. The second-order valence-corrected chi connectivity index (χ2v) is 6.73. The Kier molecular flexibility index (Phi) is 11.5. The Morgan fingerprint density at radius 1 is 1.14 bits per heavy atom. The van der Waals surface area contributed by atoms with Crippen LogP contribution in [-0.2, 0) is 4.79 Å². The molecule has 2 rings (SSSR count). The van der Waals surface area contributed by atoms with Crippen LogP contribution >= 0.6 is 24.8 Å². The van der Waals surface area contributed by atoms with Crippen LogP contribution in [0.5, 0.6) is 0 Å². The molecule has 2 unspecified atom stereocenters. The fraction of sp³-hybridized carbons (Fsp3) is 0.938. The van der Waals surface area contributed by atoms with E-state index in [9.17, 15) is 4.79 Å². The summed E-state index contributed by atoms with van der Waals surface area (Å²) in [5.41, 5.74) is 0. The zero-order valence-electron chi connectivity index (χ0n) is 14.0. The minimum absolute atomic E-state index is 0. The number of hydrogen-bond donors (Lipinski definition) is 2. The number of nitrogens with one attached hydrogen (secondary N) is 2. The van der Waals surface area contributed by atoms with Gasteiger partial charge in [-0.3, -0.25) is 4.79 Å². The van der Waals surface area contributed by atoms with Crippen molar-refractivity contribution in [3.8, 4) is 0 Å². The molecule has 0 aromatic carbocycles. The number of hydrogen-bond acceptors (Lipinski definition) is 3. The zero-order chi connectivity index (χ0) is 14.4. The molecule has 2 atom stereocenters. The van der Waals surface area contributed by atoms with Gasteiger partial charge in [0, 0.05) is 25.0 Å². The first kappa shape index (κ1) is 22.0. The van der Waals surface area contributed by atoms with Gasteiger partial charge < -0.3 is 15.5 Å². The molecule has 1 aliphatic heterocycles. The lowest BCUT2D eigenvalue weighted by atomic mass is 9.83. The summed E-state index contributed by atoms with van der Waals surface area (Å²) in [5, 5.41) is 6.56. The summed E-state index contributed by atoms with van der Waals surface area (Å²) in [5.74, 6) is 0.968. The van der Waals surface area contributed by atoms with Crippen molar-refractivity contribution in [2.24, 2.45) is 5.92 Å². The van der Waals surface area contributed by atoms with Crippen molar-refractivity contribution in [3.05, 3.63) is 0 Å². The third kappa shape index (κ3) is 7.03. The summed E-state index contributed by atoms with van der Waals surface area (Å²) in [6.45, 7) is 1.88. The molecule has 0 bridgehead atoms. The molecule has 0 aromatic heterocycles. The lowest BCUT2D eigenvalue weighted by Crippen LogP contribution is -2.46. The molecular formula is C16H33Cl2N3O. The maximum atomic E-state index is 12.0. The Bertz CT molecular complexity index is 304. The highest BCUT2D eigenvalue weighted by Gasteiger charge is 2.26. The first-order chi connectivity index (χ1) is 9.66. The van der Waals surface area contributed by atoms with Crippen molar-refractivity contribution >= 4 is 30.7 Å². The number of carbonyl (C=O) groups excluding carboxylic acids is 1. The van der Waals surface area contributed by atoms with E-state index in [0.717, 1.165) is 25.4 Å². The van der Waals surface area contributed by atoms with E-state index in [-0.39, 0.29) is 30.7 Å². The SMILES string of the molecule is CN(C)C(CNC(=O)CC1CCCN1)C1CCCCC1.Cl.Cl. The number of nitrogens with zero attached hydrogens (tertiary/aromatic N) is 1. The second kappa shape index (κ2) is 11.5. The van der Waals surface area contributed by atoms with Gasteiger partial charge in [0.15, 0.2) is 0 Å². The highest BCUT2D eigenvalue weighted by molar-refractivity contribution is 5.85. The maximum Gasteiger partial charge on any atom is 0.221 e. The Hall–Kier alpha value is -0.0300. The fourth-order valence-electron chi connectivity index (χ4n) is 3.74. The quantitative estimate of drug-likeness (QED) is 0.771. The standard InChI is InChI=1S/C16H31N3O.2ClH/c1-19(2)15(13-7-4-3-5-8-13)12-18-16(20)11-14-9-6-10-17-14;;/h13-15,17H,3-12H2,1-2H3,(H,18,20);2*1H. The molecule has 1 heterocycles. The van der Waals surface area contributed by atoms with Gasteiger partial charge in [-0.05, 0) is 52.2 Å². The second-order valence-electron chi connectivity index (χ2n) is 6.73. The molecule has 132 valence electrons. The molecule has 1 saturated heterocycles. The van der Waals surface area contributed by atoms with Gasteiger partial charge in [-0.1, -0.05) is 19.3 Å². The van der Waals surface area contributed by atoms with Crippen LogP contribution in [0.25, 0.3) is 0 Å². The third-order valence-electron chi connectivity index (χ3n) is 4.96. The summed E-state index contributed by atoms with van der Waals surface area (Å²) >= 11 is 0. The largest absolute Gasteiger partial charge is 0.354 e. The highest BCUT2D eigenvalue weighted by atomic mass is 35.5. The van der Waals surface area contributed by atoms with Crippen molar-refractivity contribution in [1.29, 1.82) is 0 Å². The Labute approximate surface area is 148 Å². The summed E-state index contributed by atoms with van der Waals surface area (Å²) in [4.78, 5) is 14.3. The molecule has 2 aliphatic rings.